The van der Waals surface area contributed by atoms with Gasteiger partial charge in [-0.2, -0.15) is 0 Å². The normalized spacial score (nSPS) is 28.1. The highest BCUT2D eigenvalue weighted by molar-refractivity contribution is 5.50. The average molecular weight is 289 g/mol. The van der Waals surface area contributed by atoms with Crippen LogP contribution in [0.5, 0.6) is 11.5 Å². The van der Waals surface area contributed by atoms with Gasteiger partial charge in [-0.05, 0) is 39.2 Å². The van der Waals surface area contributed by atoms with E-state index in [1.807, 2.05) is 6.07 Å². The fraction of sp³-hybridized carbons (Fsp3) is 0.667. The Hall–Kier alpha value is -1.22. The summed E-state index contributed by atoms with van der Waals surface area (Å²) in [5.74, 6) is 1.80. The molecular weight excluding hydrogens is 262 g/mol. The lowest BCUT2D eigenvalue weighted by Crippen LogP contribution is -2.39. The van der Waals surface area contributed by atoms with Crippen LogP contribution in [0, 0.1) is 0 Å². The zero-order valence-electron chi connectivity index (χ0n) is 13.2. The summed E-state index contributed by atoms with van der Waals surface area (Å²) in [6.07, 6.45) is 8.19. The molecule has 0 saturated heterocycles. The maximum absolute atomic E-state index is 6.33. The van der Waals surface area contributed by atoms with Crippen LogP contribution in [0.2, 0.25) is 0 Å². The van der Waals surface area contributed by atoms with E-state index in [1.54, 1.807) is 0 Å². The van der Waals surface area contributed by atoms with Crippen LogP contribution in [0.4, 0.5) is 0 Å². The molecule has 1 fully saturated rings. The summed E-state index contributed by atoms with van der Waals surface area (Å²) in [5, 5.41) is 0. The molecule has 2 N–H and O–H groups in total. The van der Waals surface area contributed by atoms with Gasteiger partial charge in [-0.1, -0.05) is 31.4 Å². The molecular formula is C18H27NO2. The second-order valence-corrected chi connectivity index (χ2v) is 7.09. The first-order valence-corrected chi connectivity index (χ1v) is 8.28. The number of benzene rings is 1. The highest BCUT2D eigenvalue weighted by Gasteiger charge is 2.33. The van der Waals surface area contributed by atoms with E-state index in [0.29, 0.717) is 0 Å². The fourth-order valence-corrected chi connectivity index (χ4v) is 3.47. The van der Waals surface area contributed by atoms with Crippen LogP contribution in [0.25, 0.3) is 0 Å². The molecule has 0 bridgehead atoms. The van der Waals surface area contributed by atoms with Gasteiger partial charge in [-0.15, -0.1) is 0 Å². The molecule has 1 aromatic carbocycles. The van der Waals surface area contributed by atoms with Crippen LogP contribution in [0.1, 0.15) is 57.9 Å². The van der Waals surface area contributed by atoms with Crippen LogP contribution in [-0.2, 0) is 6.42 Å². The third kappa shape index (κ3) is 3.34. The third-order valence-electron chi connectivity index (χ3n) is 4.59. The Kier molecular flexibility index (Phi) is 4.12. The smallest absolute Gasteiger partial charge is 0.165 e. The zero-order chi connectivity index (χ0) is 14.9. The van der Waals surface area contributed by atoms with Crippen LogP contribution in [0.15, 0.2) is 18.2 Å². The Morgan fingerprint density at radius 3 is 2.71 bits per heavy atom. The van der Waals surface area contributed by atoms with Gasteiger partial charge in [-0.25, -0.2) is 0 Å². The van der Waals surface area contributed by atoms with Crippen LogP contribution >= 0.6 is 0 Å². The van der Waals surface area contributed by atoms with Crippen LogP contribution < -0.4 is 15.2 Å². The van der Waals surface area contributed by atoms with E-state index < -0.39 is 0 Å². The Morgan fingerprint density at radius 1 is 1.14 bits per heavy atom. The summed E-state index contributed by atoms with van der Waals surface area (Å²) in [5.41, 5.74) is 7.44. The monoisotopic (exact) mass is 289 g/mol. The van der Waals surface area contributed by atoms with Crippen molar-refractivity contribution < 1.29 is 9.47 Å². The number of rotatable bonds is 2. The van der Waals surface area contributed by atoms with E-state index in [-0.39, 0.29) is 17.7 Å². The average Bonchev–Trinajstić information content (AvgIpc) is 2.73. The van der Waals surface area contributed by atoms with Gasteiger partial charge in [0, 0.05) is 18.0 Å². The summed E-state index contributed by atoms with van der Waals surface area (Å²) in [6.45, 7) is 4.25. The minimum Gasteiger partial charge on any atom is -0.485 e. The minimum absolute atomic E-state index is 0.115. The molecule has 3 rings (SSSR count). The van der Waals surface area contributed by atoms with Gasteiger partial charge in [0.2, 0.25) is 0 Å². The lowest BCUT2D eigenvalue weighted by atomic mass is 9.94. The van der Waals surface area contributed by atoms with Gasteiger partial charge in [0.1, 0.15) is 11.7 Å². The predicted molar refractivity (Wildman–Crippen MR) is 84.9 cm³/mol. The molecule has 1 aliphatic carbocycles. The molecule has 0 aromatic heterocycles. The summed E-state index contributed by atoms with van der Waals surface area (Å²) >= 11 is 0. The van der Waals surface area contributed by atoms with Crippen LogP contribution in [0.3, 0.4) is 0 Å². The van der Waals surface area contributed by atoms with Crippen molar-refractivity contribution in [2.75, 3.05) is 0 Å². The number of hydrogen-bond acceptors (Lipinski definition) is 3. The van der Waals surface area contributed by atoms with E-state index in [2.05, 4.69) is 26.0 Å². The molecule has 0 amide bonds. The van der Waals surface area contributed by atoms with Gasteiger partial charge >= 0.3 is 0 Å². The molecule has 3 nitrogen and oxygen atoms in total. The van der Waals surface area contributed by atoms with Gasteiger partial charge in [-0.3, -0.25) is 0 Å². The molecule has 0 spiro atoms. The van der Waals surface area contributed by atoms with Gasteiger partial charge in [0.05, 0.1) is 0 Å². The van der Waals surface area contributed by atoms with Crippen molar-refractivity contribution in [2.45, 2.75) is 76.5 Å². The summed E-state index contributed by atoms with van der Waals surface area (Å²) in [7, 11) is 0. The van der Waals surface area contributed by atoms with E-state index in [1.165, 1.54) is 31.2 Å². The second kappa shape index (κ2) is 5.88. The van der Waals surface area contributed by atoms with Crippen molar-refractivity contribution in [2.24, 2.45) is 5.73 Å². The van der Waals surface area contributed by atoms with Crippen molar-refractivity contribution in [1.82, 2.24) is 0 Å². The van der Waals surface area contributed by atoms with Gasteiger partial charge in [0.25, 0.3) is 0 Å². The molecule has 1 aliphatic heterocycles. The lowest BCUT2D eigenvalue weighted by Gasteiger charge is -2.28. The van der Waals surface area contributed by atoms with E-state index in [9.17, 15) is 0 Å². The molecule has 2 atom stereocenters. The van der Waals surface area contributed by atoms with Gasteiger partial charge < -0.3 is 15.2 Å². The molecule has 1 saturated carbocycles. The molecule has 1 heterocycles. The molecule has 2 unspecified atom stereocenters. The van der Waals surface area contributed by atoms with E-state index in [0.717, 1.165) is 30.8 Å². The first-order chi connectivity index (χ1) is 10.1. The second-order valence-electron chi connectivity index (χ2n) is 7.09. The Morgan fingerprint density at radius 2 is 1.90 bits per heavy atom. The number of ether oxygens (including phenoxy) is 2. The number of hydrogen-bond donors (Lipinski definition) is 1. The molecule has 0 radical (unpaired) electrons. The summed E-state index contributed by atoms with van der Waals surface area (Å²) in [4.78, 5) is 0. The Labute approximate surface area is 127 Å². The third-order valence-corrected chi connectivity index (χ3v) is 4.59. The molecule has 1 aromatic rings. The van der Waals surface area contributed by atoms with Gasteiger partial charge in [0.15, 0.2) is 11.5 Å². The fourth-order valence-electron chi connectivity index (χ4n) is 3.47. The topological polar surface area (TPSA) is 44.5 Å². The van der Waals surface area contributed by atoms with Crippen molar-refractivity contribution in [3.8, 4) is 11.5 Å². The van der Waals surface area contributed by atoms with E-state index >= 15 is 0 Å². The van der Waals surface area contributed by atoms with Crippen molar-refractivity contribution in [3.63, 3.8) is 0 Å². The number of para-hydroxylation sites is 1. The highest BCUT2D eigenvalue weighted by atomic mass is 16.5. The number of fused-ring (bicyclic) bond motifs is 1. The molecule has 21 heavy (non-hydrogen) atoms. The first-order valence-electron chi connectivity index (χ1n) is 8.28. The largest absolute Gasteiger partial charge is 0.485 e. The number of nitrogens with two attached hydrogens (primary N) is 1. The molecule has 116 valence electrons. The zero-order valence-corrected chi connectivity index (χ0v) is 13.2. The lowest BCUT2D eigenvalue weighted by molar-refractivity contribution is 0.112. The Bertz CT molecular complexity index is 498. The summed E-state index contributed by atoms with van der Waals surface area (Å²) < 4.78 is 12.4. The van der Waals surface area contributed by atoms with Crippen LogP contribution in [-0.4, -0.2) is 17.7 Å². The Balaban J connectivity index is 1.77. The molecule has 2 aliphatic rings. The summed E-state index contributed by atoms with van der Waals surface area (Å²) in [6, 6.07) is 6.35. The standard InChI is InChI=1S/C18H27NO2/c1-18(2)12-13-8-7-11-16(17(13)21-18)20-15-10-6-4-3-5-9-14(15)19/h7-8,11,14-15H,3-6,9-10,12,19H2,1-2H3. The maximum Gasteiger partial charge on any atom is 0.165 e. The van der Waals surface area contributed by atoms with Crippen molar-refractivity contribution in [3.05, 3.63) is 23.8 Å². The minimum atomic E-state index is -0.134. The van der Waals surface area contributed by atoms with Crippen molar-refractivity contribution in [1.29, 1.82) is 0 Å². The SMILES string of the molecule is CC1(C)Cc2cccc(OC3CCCCCCC3N)c2O1. The maximum atomic E-state index is 6.33. The highest BCUT2D eigenvalue weighted by Crippen LogP contribution is 2.42. The van der Waals surface area contributed by atoms with Crippen molar-refractivity contribution >= 4 is 0 Å². The predicted octanol–water partition coefficient (Wildman–Crippen LogP) is 3.83. The van der Waals surface area contributed by atoms with E-state index in [4.69, 9.17) is 15.2 Å². The quantitative estimate of drug-likeness (QED) is 0.900. The molecule has 3 heteroatoms. The first kappa shape index (κ1) is 14.7.